The van der Waals surface area contributed by atoms with Gasteiger partial charge in [-0.2, -0.15) is 0 Å². The Balaban J connectivity index is 1.70. The molecular formula is C14H18FN3O. The van der Waals surface area contributed by atoms with Crippen LogP contribution in [-0.2, 0) is 11.2 Å². The fourth-order valence-electron chi connectivity index (χ4n) is 2.80. The van der Waals surface area contributed by atoms with Gasteiger partial charge in [-0.15, -0.1) is 0 Å². The van der Waals surface area contributed by atoms with Gasteiger partial charge < -0.3 is 10.2 Å². The van der Waals surface area contributed by atoms with E-state index in [0.717, 1.165) is 38.3 Å². The molecule has 1 aromatic rings. The summed E-state index contributed by atoms with van der Waals surface area (Å²) in [6.45, 7) is 5.34. The highest BCUT2D eigenvalue weighted by Gasteiger charge is 2.29. The van der Waals surface area contributed by atoms with E-state index in [4.69, 9.17) is 0 Å². The Kier molecular flexibility index (Phi) is 3.48. The lowest BCUT2D eigenvalue weighted by Crippen LogP contribution is -2.46. The number of para-hydroxylation sites is 1. The van der Waals surface area contributed by atoms with Crippen molar-refractivity contribution in [2.24, 2.45) is 0 Å². The van der Waals surface area contributed by atoms with Crippen LogP contribution in [0.3, 0.4) is 0 Å². The summed E-state index contributed by atoms with van der Waals surface area (Å²) in [4.78, 5) is 15.9. The molecule has 19 heavy (non-hydrogen) atoms. The third-order valence-corrected chi connectivity index (χ3v) is 3.83. The van der Waals surface area contributed by atoms with Gasteiger partial charge in [0.05, 0.1) is 12.1 Å². The van der Waals surface area contributed by atoms with Crippen molar-refractivity contribution in [3.63, 3.8) is 0 Å². The average molecular weight is 263 g/mol. The molecule has 1 N–H and O–H groups in total. The summed E-state index contributed by atoms with van der Waals surface area (Å²) in [6.07, 6.45) is 0.328. The number of benzene rings is 1. The third-order valence-electron chi connectivity index (χ3n) is 3.83. The SMILES string of the molecule is O=C1Cc2cccc(F)c2N1CCN1CCNCC1. The van der Waals surface area contributed by atoms with Crippen molar-refractivity contribution in [3.05, 3.63) is 29.6 Å². The van der Waals surface area contributed by atoms with E-state index in [1.165, 1.54) is 6.07 Å². The van der Waals surface area contributed by atoms with Crippen molar-refractivity contribution in [2.75, 3.05) is 44.2 Å². The number of hydrogen-bond donors (Lipinski definition) is 1. The number of amides is 1. The Hall–Kier alpha value is -1.46. The van der Waals surface area contributed by atoms with E-state index in [1.807, 2.05) is 6.07 Å². The number of piperazine rings is 1. The van der Waals surface area contributed by atoms with E-state index in [9.17, 15) is 9.18 Å². The summed E-state index contributed by atoms with van der Waals surface area (Å²) < 4.78 is 13.9. The third kappa shape index (κ3) is 2.48. The maximum atomic E-state index is 13.9. The highest BCUT2D eigenvalue weighted by atomic mass is 19.1. The number of carbonyl (C=O) groups excluding carboxylic acids is 1. The normalized spacial score (nSPS) is 19.8. The smallest absolute Gasteiger partial charge is 0.231 e. The molecule has 2 aliphatic heterocycles. The van der Waals surface area contributed by atoms with Gasteiger partial charge in [0.2, 0.25) is 5.91 Å². The number of anilines is 1. The molecule has 0 radical (unpaired) electrons. The van der Waals surface area contributed by atoms with Crippen molar-refractivity contribution in [2.45, 2.75) is 6.42 Å². The van der Waals surface area contributed by atoms with Crippen molar-refractivity contribution in [1.29, 1.82) is 0 Å². The number of hydrogen-bond acceptors (Lipinski definition) is 3. The highest BCUT2D eigenvalue weighted by molar-refractivity contribution is 6.01. The van der Waals surface area contributed by atoms with Crippen LogP contribution in [0.2, 0.25) is 0 Å². The number of nitrogens with one attached hydrogen (secondary N) is 1. The lowest BCUT2D eigenvalue weighted by Gasteiger charge is -2.29. The Bertz CT molecular complexity index is 486. The van der Waals surface area contributed by atoms with Crippen LogP contribution in [0.15, 0.2) is 18.2 Å². The van der Waals surface area contributed by atoms with Crippen LogP contribution >= 0.6 is 0 Å². The standard InChI is InChI=1S/C14H18FN3O/c15-12-3-1-2-11-10-13(19)18(14(11)12)9-8-17-6-4-16-5-7-17/h1-3,16H,4-10H2. The molecule has 1 saturated heterocycles. The minimum Gasteiger partial charge on any atom is -0.314 e. The van der Waals surface area contributed by atoms with Crippen LogP contribution in [0.5, 0.6) is 0 Å². The van der Waals surface area contributed by atoms with Gasteiger partial charge in [-0.3, -0.25) is 9.69 Å². The van der Waals surface area contributed by atoms with Crippen LogP contribution in [-0.4, -0.2) is 50.1 Å². The average Bonchev–Trinajstić information content (AvgIpc) is 2.75. The minimum absolute atomic E-state index is 0.00948. The summed E-state index contributed by atoms with van der Waals surface area (Å²) in [5, 5.41) is 3.29. The first kappa shape index (κ1) is 12.6. The van der Waals surface area contributed by atoms with Gasteiger partial charge in [-0.05, 0) is 11.6 Å². The first-order valence-electron chi connectivity index (χ1n) is 6.76. The van der Waals surface area contributed by atoms with Gasteiger partial charge >= 0.3 is 0 Å². The molecule has 0 atom stereocenters. The zero-order valence-corrected chi connectivity index (χ0v) is 10.9. The first-order chi connectivity index (χ1) is 9.25. The van der Waals surface area contributed by atoms with Gasteiger partial charge in [-0.1, -0.05) is 12.1 Å². The molecule has 0 saturated carbocycles. The highest BCUT2D eigenvalue weighted by Crippen LogP contribution is 2.31. The number of rotatable bonds is 3. The van der Waals surface area contributed by atoms with Gasteiger partial charge in [-0.25, -0.2) is 4.39 Å². The fraction of sp³-hybridized carbons (Fsp3) is 0.500. The first-order valence-corrected chi connectivity index (χ1v) is 6.76. The summed E-state index contributed by atoms with van der Waals surface area (Å²) in [5.41, 5.74) is 1.30. The monoisotopic (exact) mass is 263 g/mol. The molecule has 4 nitrogen and oxygen atoms in total. The zero-order chi connectivity index (χ0) is 13.2. The van der Waals surface area contributed by atoms with Crippen LogP contribution in [0.1, 0.15) is 5.56 Å². The zero-order valence-electron chi connectivity index (χ0n) is 10.9. The second-order valence-corrected chi connectivity index (χ2v) is 5.06. The molecule has 5 heteroatoms. The van der Waals surface area contributed by atoms with Gasteiger partial charge in [0, 0.05) is 39.3 Å². The molecule has 102 valence electrons. The summed E-state index contributed by atoms with van der Waals surface area (Å²) in [6, 6.07) is 4.93. The molecule has 0 bridgehead atoms. The summed E-state index contributed by atoms with van der Waals surface area (Å²) in [5.74, 6) is -0.279. The van der Waals surface area contributed by atoms with Gasteiger partial charge in [0.1, 0.15) is 5.82 Å². The molecule has 0 aromatic heterocycles. The van der Waals surface area contributed by atoms with Crippen LogP contribution < -0.4 is 10.2 Å². The van der Waals surface area contributed by atoms with Gasteiger partial charge in [0.25, 0.3) is 0 Å². The van der Waals surface area contributed by atoms with E-state index >= 15 is 0 Å². The molecule has 1 aromatic carbocycles. The molecule has 3 rings (SSSR count). The lowest BCUT2D eigenvalue weighted by atomic mass is 10.1. The van der Waals surface area contributed by atoms with Crippen molar-refractivity contribution in [1.82, 2.24) is 10.2 Å². The van der Waals surface area contributed by atoms with Crippen molar-refractivity contribution >= 4 is 11.6 Å². The van der Waals surface area contributed by atoms with Crippen molar-refractivity contribution < 1.29 is 9.18 Å². The quantitative estimate of drug-likeness (QED) is 0.868. The van der Waals surface area contributed by atoms with Crippen LogP contribution in [0, 0.1) is 5.82 Å². The van der Waals surface area contributed by atoms with E-state index in [2.05, 4.69) is 10.2 Å². The Morgan fingerprint density at radius 2 is 2.00 bits per heavy atom. The Morgan fingerprint density at radius 3 is 2.79 bits per heavy atom. The Morgan fingerprint density at radius 1 is 1.21 bits per heavy atom. The largest absolute Gasteiger partial charge is 0.314 e. The molecular weight excluding hydrogens is 245 g/mol. The molecule has 2 heterocycles. The topological polar surface area (TPSA) is 35.6 Å². The summed E-state index contributed by atoms with van der Waals surface area (Å²) in [7, 11) is 0. The fourth-order valence-corrected chi connectivity index (χ4v) is 2.80. The number of halogens is 1. The van der Waals surface area contributed by atoms with Crippen LogP contribution in [0.25, 0.3) is 0 Å². The van der Waals surface area contributed by atoms with E-state index < -0.39 is 0 Å². The predicted octanol–water partition coefficient (Wildman–Crippen LogP) is 0.620. The maximum absolute atomic E-state index is 13.9. The molecule has 2 aliphatic rings. The summed E-state index contributed by atoms with van der Waals surface area (Å²) >= 11 is 0. The van der Waals surface area contributed by atoms with E-state index in [0.29, 0.717) is 18.7 Å². The second-order valence-electron chi connectivity index (χ2n) is 5.06. The van der Waals surface area contributed by atoms with Gasteiger partial charge in [0.15, 0.2) is 0 Å². The second kappa shape index (κ2) is 5.27. The lowest BCUT2D eigenvalue weighted by molar-refractivity contribution is -0.117. The molecule has 1 fully saturated rings. The number of carbonyl (C=O) groups is 1. The van der Waals surface area contributed by atoms with E-state index in [-0.39, 0.29) is 11.7 Å². The molecule has 0 unspecified atom stereocenters. The number of fused-ring (bicyclic) bond motifs is 1. The molecule has 0 spiro atoms. The molecule has 0 aliphatic carbocycles. The van der Waals surface area contributed by atoms with Crippen molar-refractivity contribution in [3.8, 4) is 0 Å². The van der Waals surface area contributed by atoms with Crippen LogP contribution in [0.4, 0.5) is 10.1 Å². The Labute approximate surface area is 112 Å². The van der Waals surface area contributed by atoms with E-state index in [1.54, 1.807) is 11.0 Å². The number of nitrogens with zero attached hydrogens (tertiary/aromatic N) is 2. The maximum Gasteiger partial charge on any atom is 0.231 e. The predicted molar refractivity (Wildman–Crippen MR) is 71.8 cm³/mol. The minimum atomic E-state index is -0.288. The molecule has 1 amide bonds.